The number of amides is 1. The van der Waals surface area contributed by atoms with Gasteiger partial charge in [0.1, 0.15) is 5.01 Å². The van der Waals surface area contributed by atoms with Gasteiger partial charge in [0.15, 0.2) is 0 Å². The van der Waals surface area contributed by atoms with Gasteiger partial charge >= 0.3 is 0 Å². The first-order valence-corrected chi connectivity index (χ1v) is 9.14. The van der Waals surface area contributed by atoms with Crippen molar-refractivity contribution < 1.29 is 4.79 Å². The molecule has 1 unspecified atom stereocenters. The molecule has 1 atom stereocenters. The number of thiazole rings is 1. The molecule has 2 aromatic heterocycles. The highest BCUT2D eigenvalue weighted by Crippen LogP contribution is 2.41. The van der Waals surface area contributed by atoms with E-state index >= 15 is 0 Å². The molecule has 1 saturated carbocycles. The van der Waals surface area contributed by atoms with Crippen LogP contribution in [-0.4, -0.2) is 20.4 Å². The summed E-state index contributed by atoms with van der Waals surface area (Å²) in [6, 6.07) is 8.01. The number of aromatic nitrogens is 3. The van der Waals surface area contributed by atoms with E-state index in [-0.39, 0.29) is 11.9 Å². The van der Waals surface area contributed by atoms with Crippen molar-refractivity contribution in [2.45, 2.75) is 18.9 Å². The van der Waals surface area contributed by atoms with Crippen molar-refractivity contribution >= 4 is 23.3 Å². The topological polar surface area (TPSA) is 59.8 Å². The van der Waals surface area contributed by atoms with E-state index in [0.717, 1.165) is 29.1 Å². The van der Waals surface area contributed by atoms with Gasteiger partial charge in [-0.15, -0.1) is 11.3 Å². The number of benzene rings is 1. The molecule has 1 aliphatic carbocycles. The molecule has 4 rings (SSSR count). The number of nitrogens with zero attached hydrogens (tertiary/aromatic N) is 3. The summed E-state index contributed by atoms with van der Waals surface area (Å²) >= 11 is 1.60. The second-order valence-corrected chi connectivity index (χ2v) is 7.01. The van der Waals surface area contributed by atoms with E-state index in [0.29, 0.717) is 5.92 Å². The highest BCUT2D eigenvalue weighted by Gasteiger charge is 2.34. The predicted molar refractivity (Wildman–Crippen MR) is 98.3 cm³/mol. The molecule has 1 aliphatic rings. The Balaban J connectivity index is 1.40. The Morgan fingerprint density at radius 1 is 1.28 bits per heavy atom. The lowest BCUT2D eigenvalue weighted by atomic mass is 10.1. The first-order valence-electron chi connectivity index (χ1n) is 8.26. The first kappa shape index (κ1) is 15.8. The summed E-state index contributed by atoms with van der Waals surface area (Å²) in [5, 5.41) is 6.04. The molecular weight excluding hydrogens is 332 g/mol. The monoisotopic (exact) mass is 350 g/mol. The molecular formula is C19H18N4OS. The van der Waals surface area contributed by atoms with E-state index in [9.17, 15) is 4.79 Å². The molecule has 6 heteroatoms. The van der Waals surface area contributed by atoms with Gasteiger partial charge in [0.05, 0.1) is 12.4 Å². The number of carbonyl (C=O) groups is 1. The van der Waals surface area contributed by atoms with Crippen molar-refractivity contribution in [3.63, 3.8) is 0 Å². The van der Waals surface area contributed by atoms with Gasteiger partial charge in [0.25, 0.3) is 0 Å². The summed E-state index contributed by atoms with van der Waals surface area (Å²) in [6.45, 7) is 0. The van der Waals surface area contributed by atoms with Gasteiger partial charge in [-0.3, -0.25) is 4.79 Å². The molecule has 0 spiro atoms. The van der Waals surface area contributed by atoms with Crippen LogP contribution >= 0.6 is 11.3 Å². The molecule has 0 radical (unpaired) electrons. The molecule has 0 saturated heterocycles. The van der Waals surface area contributed by atoms with Crippen molar-refractivity contribution in [2.24, 2.45) is 5.92 Å². The smallest absolute Gasteiger partial charge is 0.244 e. The largest absolute Gasteiger partial charge is 0.343 e. The first-order chi connectivity index (χ1) is 12.3. The SMILES string of the molecule is O=C(/C=C/c1ccc(-n2ccnc2)cc1)NC(c1nccs1)C1CC1. The van der Waals surface area contributed by atoms with E-state index in [1.807, 2.05) is 46.5 Å². The number of carbonyl (C=O) groups excluding carboxylic acids is 1. The van der Waals surface area contributed by atoms with Crippen LogP contribution in [-0.2, 0) is 4.79 Å². The third-order valence-corrected chi connectivity index (χ3v) is 5.09. The molecule has 1 fully saturated rings. The minimum atomic E-state index is -0.0780. The lowest BCUT2D eigenvalue weighted by Crippen LogP contribution is -2.28. The molecule has 1 N–H and O–H groups in total. The normalized spacial score (nSPS) is 15.4. The Bertz CT molecular complexity index is 849. The van der Waals surface area contributed by atoms with Crippen LogP contribution in [0.4, 0.5) is 0 Å². The van der Waals surface area contributed by atoms with Gasteiger partial charge in [-0.25, -0.2) is 9.97 Å². The van der Waals surface area contributed by atoms with Gasteiger partial charge in [-0.1, -0.05) is 12.1 Å². The van der Waals surface area contributed by atoms with E-state index in [4.69, 9.17) is 0 Å². The Hall–Kier alpha value is -2.73. The van der Waals surface area contributed by atoms with Gasteiger partial charge in [0, 0.05) is 35.7 Å². The van der Waals surface area contributed by atoms with Crippen molar-refractivity contribution in [1.29, 1.82) is 0 Å². The Morgan fingerprint density at radius 2 is 2.12 bits per heavy atom. The third kappa shape index (κ3) is 3.85. The van der Waals surface area contributed by atoms with Crippen molar-refractivity contribution in [3.8, 4) is 5.69 Å². The minimum absolute atomic E-state index is 0.0424. The molecule has 0 bridgehead atoms. The standard InChI is InChI=1S/C19H18N4OS/c24-17(22-18(15-4-5-15)19-21-10-12-25-19)8-3-14-1-6-16(7-2-14)23-11-9-20-13-23/h1-3,6-13,15,18H,4-5H2,(H,22,24)/b8-3+. The third-order valence-electron chi connectivity index (χ3n) is 4.23. The maximum atomic E-state index is 12.3. The van der Waals surface area contributed by atoms with Crippen molar-refractivity contribution in [1.82, 2.24) is 19.9 Å². The molecule has 2 heterocycles. The maximum absolute atomic E-state index is 12.3. The molecule has 5 nitrogen and oxygen atoms in total. The van der Waals surface area contributed by atoms with E-state index in [1.165, 1.54) is 0 Å². The zero-order chi connectivity index (χ0) is 17.1. The fourth-order valence-electron chi connectivity index (χ4n) is 2.74. The molecule has 0 aliphatic heterocycles. The van der Waals surface area contributed by atoms with Gasteiger partial charge in [0.2, 0.25) is 5.91 Å². The predicted octanol–water partition coefficient (Wildman–Crippen LogP) is 3.61. The van der Waals surface area contributed by atoms with Gasteiger partial charge in [-0.2, -0.15) is 0 Å². The van der Waals surface area contributed by atoms with E-state index in [1.54, 1.807) is 36.1 Å². The van der Waals surface area contributed by atoms with Crippen LogP contribution < -0.4 is 5.32 Å². The van der Waals surface area contributed by atoms with Crippen molar-refractivity contribution in [2.75, 3.05) is 0 Å². The number of hydrogen-bond donors (Lipinski definition) is 1. The fourth-order valence-corrected chi connectivity index (χ4v) is 3.52. The molecule has 1 aromatic carbocycles. The second-order valence-electron chi connectivity index (χ2n) is 6.09. The van der Waals surface area contributed by atoms with Crippen LogP contribution in [0.2, 0.25) is 0 Å². The van der Waals surface area contributed by atoms with Crippen LogP contribution in [0, 0.1) is 5.92 Å². The summed E-state index contributed by atoms with van der Waals surface area (Å²) in [6.07, 6.45) is 12.9. The van der Waals surface area contributed by atoms with E-state index in [2.05, 4.69) is 15.3 Å². The average Bonchev–Trinajstić information content (AvgIpc) is 3.12. The summed E-state index contributed by atoms with van der Waals surface area (Å²) in [7, 11) is 0. The van der Waals surface area contributed by atoms with Gasteiger partial charge in [-0.05, 0) is 42.5 Å². The Kier molecular flexibility index (Phi) is 4.43. The zero-order valence-corrected chi connectivity index (χ0v) is 14.4. The number of imidazole rings is 1. The number of hydrogen-bond acceptors (Lipinski definition) is 4. The molecule has 3 aromatic rings. The highest BCUT2D eigenvalue weighted by molar-refractivity contribution is 7.09. The summed E-state index contributed by atoms with van der Waals surface area (Å²) in [4.78, 5) is 20.7. The lowest BCUT2D eigenvalue weighted by molar-refractivity contribution is -0.117. The van der Waals surface area contributed by atoms with Crippen LogP contribution in [0.15, 0.2) is 60.6 Å². The number of rotatable bonds is 6. The molecule has 1 amide bonds. The van der Waals surface area contributed by atoms with Crippen LogP contribution in [0.1, 0.15) is 29.5 Å². The molecule has 25 heavy (non-hydrogen) atoms. The fraction of sp³-hybridized carbons (Fsp3) is 0.211. The van der Waals surface area contributed by atoms with Crippen molar-refractivity contribution in [3.05, 3.63) is 71.2 Å². The van der Waals surface area contributed by atoms with Crippen LogP contribution in [0.5, 0.6) is 0 Å². The minimum Gasteiger partial charge on any atom is -0.343 e. The average molecular weight is 350 g/mol. The Morgan fingerprint density at radius 3 is 2.76 bits per heavy atom. The van der Waals surface area contributed by atoms with E-state index < -0.39 is 0 Å². The quantitative estimate of drug-likeness (QED) is 0.691. The molecule has 126 valence electrons. The zero-order valence-electron chi connectivity index (χ0n) is 13.6. The number of nitrogens with one attached hydrogen (secondary N) is 1. The maximum Gasteiger partial charge on any atom is 0.244 e. The van der Waals surface area contributed by atoms with Crippen LogP contribution in [0.25, 0.3) is 11.8 Å². The van der Waals surface area contributed by atoms with Gasteiger partial charge < -0.3 is 9.88 Å². The van der Waals surface area contributed by atoms with Crippen LogP contribution in [0.3, 0.4) is 0 Å². The summed E-state index contributed by atoms with van der Waals surface area (Å²) in [5.41, 5.74) is 2.02. The highest BCUT2D eigenvalue weighted by atomic mass is 32.1. The summed E-state index contributed by atoms with van der Waals surface area (Å²) in [5.74, 6) is 0.448. The lowest BCUT2D eigenvalue weighted by Gasteiger charge is -2.14. The summed E-state index contributed by atoms with van der Waals surface area (Å²) < 4.78 is 1.94. The Labute approximate surface area is 150 Å². The second kappa shape index (κ2) is 7.03.